The number of nitrogens with zero attached hydrogens (tertiary/aromatic N) is 3. The van der Waals surface area contributed by atoms with Gasteiger partial charge in [0.05, 0.1) is 6.42 Å². The highest BCUT2D eigenvalue weighted by atomic mass is 19.1. The number of rotatable bonds is 6. The van der Waals surface area contributed by atoms with Crippen LogP contribution in [0.3, 0.4) is 0 Å². The number of carbonyl (C=O) groups excluding carboxylic acids is 2. The summed E-state index contributed by atoms with van der Waals surface area (Å²) in [6.07, 6.45) is 3.97. The third kappa shape index (κ3) is 4.69. The number of hydrogen-bond donors (Lipinski definition) is 0. The van der Waals surface area contributed by atoms with Gasteiger partial charge in [-0.1, -0.05) is 42.5 Å². The van der Waals surface area contributed by atoms with Gasteiger partial charge in [0, 0.05) is 38.4 Å². The fraction of sp³-hybridized carbons (Fsp3) is 0.269. The van der Waals surface area contributed by atoms with Crippen LogP contribution in [0.4, 0.5) is 4.39 Å². The first-order valence-electron chi connectivity index (χ1n) is 10.9. The van der Waals surface area contributed by atoms with Gasteiger partial charge in [-0.05, 0) is 47.4 Å². The van der Waals surface area contributed by atoms with Gasteiger partial charge in [-0.15, -0.1) is 0 Å². The van der Waals surface area contributed by atoms with Crippen LogP contribution in [0, 0.1) is 5.82 Å². The van der Waals surface area contributed by atoms with Gasteiger partial charge < -0.3 is 9.80 Å². The highest BCUT2D eigenvalue weighted by Gasteiger charge is 2.37. The molecule has 1 atom stereocenters. The lowest BCUT2D eigenvalue weighted by molar-refractivity contribution is -0.150. The molecule has 1 unspecified atom stereocenters. The van der Waals surface area contributed by atoms with E-state index in [0.717, 1.165) is 22.3 Å². The van der Waals surface area contributed by atoms with E-state index >= 15 is 0 Å². The number of aromatic nitrogens is 1. The maximum atomic E-state index is 13.4. The molecule has 4 rings (SSSR count). The van der Waals surface area contributed by atoms with Crippen LogP contribution in [0.1, 0.15) is 18.1 Å². The van der Waals surface area contributed by atoms with Gasteiger partial charge in [-0.3, -0.25) is 14.6 Å². The highest BCUT2D eigenvalue weighted by Crippen LogP contribution is 2.27. The minimum Gasteiger partial charge on any atom is -0.339 e. The minimum absolute atomic E-state index is 0.0350. The van der Waals surface area contributed by atoms with Crippen LogP contribution in [0.25, 0.3) is 11.1 Å². The maximum absolute atomic E-state index is 13.4. The topological polar surface area (TPSA) is 53.5 Å². The molecule has 2 amide bonds. The standard InChI is InChI=1S/C26H26FN3O2/c1-2-29-14-15-30(25(31)16-19-6-5-13-28-18-19)24(26(29)32)17-21-7-3-4-8-23(21)20-9-11-22(27)12-10-20/h3-13,18,24H,2,14-17H2,1H3. The van der Waals surface area contributed by atoms with Crippen molar-refractivity contribution < 1.29 is 14.0 Å². The Balaban J connectivity index is 1.63. The van der Waals surface area contributed by atoms with Gasteiger partial charge in [0.25, 0.3) is 0 Å². The molecule has 2 heterocycles. The molecule has 1 saturated heterocycles. The zero-order valence-electron chi connectivity index (χ0n) is 18.1. The Morgan fingerprint density at radius 1 is 1.06 bits per heavy atom. The van der Waals surface area contributed by atoms with Crippen molar-refractivity contribution in [2.75, 3.05) is 19.6 Å². The second-order valence-corrected chi connectivity index (χ2v) is 7.93. The molecule has 0 radical (unpaired) electrons. The number of amides is 2. The van der Waals surface area contributed by atoms with E-state index in [0.29, 0.717) is 26.1 Å². The van der Waals surface area contributed by atoms with Crippen LogP contribution in [-0.2, 0) is 22.4 Å². The summed E-state index contributed by atoms with van der Waals surface area (Å²) in [4.78, 5) is 34.1. The predicted molar refractivity (Wildman–Crippen MR) is 121 cm³/mol. The second kappa shape index (κ2) is 9.73. The SMILES string of the molecule is CCN1CCN(C(=O)Cc2cccnc2)C(Cc2ccccc2-c2ccc(F)cc2)C1=O. The first-order chi connectivity index (χ1) is 15.6. The Hall–Kier alpha value is -3.54. The Morgan fingerprint density at radius 3 is 2.56 bits per heavy atom. The molecule has 0 saturated carbocycles. The smallest absolute Gasteiger partial charge is 0.245 e. The van der Waals surface area contributed by atoms with Crippen LogP contribution in [-0.4, -0.2) is 52.3 Å². The molecule has 0 spiro atoms. The van der Waals surface area contributed by atoms with Gasteiger partial charge in [0.1, 0.15) is 11.9 Å². The normalized spacial score (nSPS) is 16.3. The lowest BCUT2D eigenvalue weighted by Crippen LogP contribution is -2.59. The van der Waals surface area contributed by atoms with Crippen molar-refractivity contribution in [2.24, 2.45) is 0 Å². The van der Waals surface area contributed by atoms with Gasteiger partial charge >= 0.3 is 0 Å². The molecule has 2 aromatic carbocycles. The molecule has 1 aromatic heterocycles. The van der Waals surface area contributed by atoms with E-state index < -0.39 is 6.04 Å². The van der Waals surface area contributed by atoms with Crippen molar-refractivity contribution in [3.8, 4) is 11.1 Å². The van der Waals surface area contributed by atoms with Crippen molar-refractivity contribution in [3.05, 3.63) is 90.0 Å². The first-order valence-corrected chi connectivity index (χ1v) is 10.9. The van der Waals surface area contributed by atoms with E-state index in [1.54, 1.807) is 40.4 Å². The van der Waals surface area contributed by atoms with Crippen molar-refractivity contribution in [1.82, 2.24) is 14.8 Å². The van der Waals surface area contributed by atoms with E-state index in [-0.39, 0.29) is 24.1 Å². The Morgan fingerprint density at radius 2 is 1.84 bits per heavy atom. The van der Waals surface area contributed by atoms with Crippen LogP contribution < -0.4 is 0 Å². The summed E-state index contributed by atoms with van der Waals surface area (Å²) in [5.41, 5.74) is 3.60. The third-order valence-electron chi connectivity index (χ3n) is 5.95. The van der Waals surface area contributed by atoms with E-state index in [1.807, 2.05) is 37.3 Å². The van der Waals surface area contributed by atoms with Crippen LogP contribution >= 0.6 is 0 Å². The second-order valence-electron chi connectivity index (χ2n) is 7.93. The van der Waals surface area contributed by atoms with Crippen molar-refractivity contribution in [2.45, 2.75) is 25.8 Å². The van der Waals surface area contributed by atoms with Crippen LogP contribution in [0.5, 0.6) is 0 Å². The molecule has 0 bridgehead atoms. The van der Waals surface area contributed by atoms with Gasteiger partial charge in [0.2, 0.25) is 11.8 Å². The average Bonchev–Trinajstić information content (AvgIpc) is 2.82. The molecular weight excluding hydrogens is 405 g/mol. The quantitative estimate of drug-likeness (QED) is 0.598. The summed E-state index contributed by atoms with van der Waals surface area (Å²) in [6.45, 7) is 3.60. The Kier molecular flexibility index (Phi) is 6.59. The molecule has 0 N–H and O–H groups in total. The first kappa shape index (κ1) is 21.7. The fourth-order valence-corrected chi connectivity index (χ4v) is 4.25. The van der Waals surface area contributed by atoms with E-state index in [1.165, 1.54) is 12.1 Å². The van der Waals surface area contributed by atoms with E-state index in [2.05, 4.69) is 4.98 Å². The number of pyridine rings is 1. The number of carbonyl (C=O) groups is 2. The summed E-state index contributed by atoms with van der Waals surface area (Å²) < 4.78 is 13.4. The molecule has 164 valence electrons. The number of piperazine rings is 1. The monoisotopic (exact) mass is 431 g/mol. The van der Waals surface area contributed by atoms with E-state index in [4.69, 9.17) is 0 Å². The molecule has 1 aliphatic heterocycles. The third-order valence-corrected chi connectivity index (χ3v) is 5.95. The van der Waals surface area contributed by atoms with Gasteiger partial charge in [-0.2, -0.15) is 0 Å². The number of hydrogen-bond acceptors (Lipinski definition) is 3. The summed E-state index contributed by atoms with van der Waals surface area (Å²) in [5.74, 6) is -0.405. The zero-order chi connectivity index (χ0) is 22.5. The Bertz CT molecular complexity index is 1090. The molecule has 32 heavy (non-hydrogen) atoms. The largest absolute Gasteiger partial charge is 0.339 e. The van der Waals surface area contributed by atoms with Crippen molar-refractivity contribution >= 4 is 11.8 Å². The highest BCUT2D eigenvalue weighted by molar-refractivity contribution is 5.90. The average molecular weight is 432 g/mol. The molecule has 5 nitrogen and oxygen atoms in total. The summed E-state index contributed by atoms with van der Waals surface area (Å²) in [6, 6.07) is 17.2. The molecule has 3 aromatic rings. The fourth-order valence-electron chi connectivity index (χ4n) is 4.25. The lowest BCUT2D eigenvalue weighted by Gasteiger charge is -2.40. The number of halogens is 1. The molecule has 1 aliphatic rings. The summed E-state index contributed by atoms with van der Waals surface area (Å²) in [7, 11) is 0. The Labute approximate surface area is 187 Å². The number of benzene rings is 2. The van der Waals surface area contributed by atoms with Crippen molar-refractivity contribution in [3.63, 3.8) is 0 Å². The molecule has 1 fully saturated rings. The summed E-state index contributed by atoms with van der Waals surface area (Å²) in [5, 5.41) is 0. The molecular formula is C26H26FN3O2. The zero-order valence-corrected chi connectivity index (χ0v) is 18.1. The van der Waals surface area contributed by atoms with Gasteiger partial charge in [0.15, 0.2) is 0 Å². The predicted octanol–water partition coefficient (Wildman–Crippen LogP) is 3.73. The summed E-state index contributed by atoms with van der Waals surface area (Å²) >= 11 is 0. The van der Waals surface area contributed by atoms with Gasteiger partial charge in [-0.25, -0.2) is 4.39 Å². The van der Waals surface area contributed by atoms with Crippen molar-refractivity contribution in [1.29, 1.82) is 0 Å². The molecule has 0 aliphatic carbocycles. The van der Waals surface area contributed by atoms with Crippen LogP contribution in [0.2, 0.25) is 0 Å². The lowest BCUT2D eigenvalue weighted by atomic mass is 9.93. The molecule has 6 heteroatoms. The maximum Gasteiger partial charge on any atom is 0.245 e. The number of likely N-dealkylation sites (N-methyl/N-ethyl adjacent to an activating group) is 1. The van der Waals surface area contributed by atoms with Crippen LogP contribution in [0.15, 0.2) is 73.1 Å². The van der Waals surface area contributed by atoms with E-state index in [9.17, 15) is 14.0 Å². The minimum atomic E-state index is -0.575.